The summed E-state index contributed by atoms with van der Waals surface area (Å²) in [7, 11) is 0. The van der Waals surface area contributed by atoms with Crippen molar-refractivity contribution in [3.8, 4) is 0 Å². The number of hydrogen-bond donors (Lipinski definition) is 2. The maximum absolute atomic E-state index is 10.6. The Morgan fingerprint density at radius 2 is 1.92 bits per heavy atom. The molecule has 1 atom stereocenters. The lowest BCUT2D eigenvalue weighted by molar-refractivity contribution is -0.147. The third kappa shape index (κ3) is 4.30. The smallest absolute Gasteiger partial charge is 0.311 e. The molecule has 4 heteroatoms. The molecule has 0 heterocycles. The number of carboxylic acid groups (broad SMARTS) is 2. The number of rotatable bonds is 6. The summed E-state index contributed by atoms with van der Waals surface area (Å²) in [4.78, 5) is 20.9. The lowest BCUT2D eigenvalue weighted by atomic mass is 9.94. The zero-order valence-corrected chi connectivity index (χ0v) is 7.62. The Bertz CT molecular complexity index is 220. The summed E-state index contributed by atoms with van der Waals surface area (Å²) in [6.45, 7) is 5.47. The first-order valence-electron chi connectivity index (χ1n) is 4.11. The van der Waals surface area contributed by atoms with Crippen molar-refractivity contribution < 1.29 is 19.8 Å². The standard InChI is InChI=1S/C9H14O4/c1-3-4-6(2)7(9(12)13)5-8(10)11/h7H,2-5H2,1H3,(H,10,11)(H,12,13). The molecule has 74 valence electrons. The normalized spacial score (nSPS) is 12.1. The highest BCUT2D eigenvalue weighted by atomic mass is 16.4. The summed E-state index contributed by atoms with van der Waals surface area (Å²) in [6, 6.07) is 0. The van der Waals surface area contributed by atoms with E-state index in [0.717, 1.165) is 6.42 Å². The van der Waals surface area contributed by atoms with Gasteiger partial charge < -0.3 is 10.2 Å². The van der Waals surface area contributed by atoms with Crippen molar-refractivity contribution in [2.75, 3.05) is 0 Å². The Kier molecular flexibility index (Phi) is 4.80. The SMILES string of the molecule is C=C(CCC)C(CC(=O)O)C(=O)O. The summed E-state index contributed by atoms with van der Waals surface area (Å²) in [5.41, 5.74) is 0.484. The van der Waals surface area contributed by atoms with E-state index >= 15 is 0 Å². The molecule has 0 amide bonds. The van der Waals surface area contributed by atoms with E-state index in [1.807, 2.05) is 6.92 Å². The lowest BCUT2D eigenvalue weighted by Gasteiger charge is -2.11. The fourth-order valence-electron chi connectivity index (χ4n) is 1.08. The minimum atomic E-state index is -1.11. The van der Waals surface area contributed by atoms with Gasteiger partial charge in [0.15, 0.2) is 0 Å². The molecule has 2 N–H and O–H groups in total. The van der Waals surface area contributed by atoms with Gasteiger partial charge in [0.25, 0.3) is 0 Å². The Labute approximate surface area is 76.9 Å². The molecule has 0 aliphatic carbocycles. The molecular weight excluding hydrogens is 172 g/mol. The van der Waals surface area contributed by atoms with Crippen molar-refractivity contribution in [2.24, 2.45) is 5.92 Å². The quantitative estimate of drug-likeness (QED) is 0.616. The molecular formula is C9H14O4. The molecule has 0 spiro atoms. The summed E-state index contributed by atoms with van der Waals surface area (Å²) in [5.74, 6) is -3.16. The van der Waals surface area contributed by atoms with Gasteiger partial charge in [-0.15, -0.1) is 0 Å². The van der Waals surface area contributed by atoms with E-state index in [0.29, 0.717) is 12.0 Å². The van der Waals surface area contributed by atoms with Gasteiger partial charge >= 0.3 is 11.9 Å². The molecule has 0 aliphatic rings. The van der Waals surface area contributed by atoms with Crippen LogP contribution in [0.3, 0.4) is 0 Å². The van der Waals surface area contributed by atoms with Crippen LogP contribution in [0.4, 0.5) is 0 Å². The van der Waals surface area contributed by atoms with Crippen molar-refractivity contribution in [2.45, 2.75) is 26.2 Å². The zero-order chi connectivity index (χ0) is 10.4. The molecule has 0 aromatic carbocycles. The fraction of sp³-hybridized carbons (Fsp3) is 0.556. The molecule has 0 radical (unpaired) electrons. The predicted octanol–water partition coefficient (Wildman–Crippen LogP) is 1.52. The molecule has 0 saturated carbocycles. The average Bonchev–Trinajstić information content (AvgIpc) is 1.99. The van der Waals surface area contributed by atoms with Crippen LogP contribution >= 0.6 is 0 Å². The Morgan fingerprint density at radius 1 is 1.38 bits per heavy atom. The number of hydrogen-bond acceptors (Lipinski definition) is 2. The first-order chi connectivity index (χ1) is 5.99. The number of aliphatic carboxylic acids is 2. The second-order valence-electron chi connectivity index (χ2n) is 2.90. The Morgan fingerprint density at radius 3 is 2.23 bits per heavy atom. The van der Waals surface area contributed by atoms with E-state index in [9.17, 15) is 9.59 Å². The Balaban J connectivity index is 4.32. The maximum Gasteiger partial charge on any atom is 0.311 e. The lowest BCUT2D eigenvalue weighted by Crippen LogP contribution is -2.19. The van der Waals surface area contributed by atoms with Crippen LogP contribution in [-0.2, 0) is 9.59 Å². The van der Waals surface area contributed by atoms with Crippen molar-refractivity contribution >= 4 is 11.9 Å². The molecule has 0 aliphatic heterocycles. The topological polar surface area (TPSA) is 74.6 Å². The van der Waals surface area contributed by atoms with Gasteiger partial charge in [-0.2, -0.15) is 0 Å². The van der Waals surface area contributed by atoms with E-state index in [4.69, 9.17) is 10.2 Å². The van der Waals surface area contributed by atoms with Gasteiger partial charge in [0.2, 0.25) is 0 Å². The monoisotopic (exact) mass is 186 g/mol. The number of carbonyl (C=O) groups is 2. The maximum atomic E-state index is 10.6. The third-order valence-electron chi connectivity index (χ3n) is 1.74. The third-order valence-corrected chi connectivity index (χ3v) is 1.74. The van der Waals surface area contributed by atoms with Crippen LogP contribution in [0.1, 0.15) is 26.2 Å². The zero-order valence-electron chi connectivity index (χ0n) is 7.62. The highest BCUT2D eigenvalue weighted by Crippen LogP contribution is 2.18. The molecule has 0 saturated heterocycles. The van der Waals surface area contributed by atoms with E-state index in [1.165, 1.54) is 0 Å². The second-order valence-corrected chi connectivity index (χ2v) is 2.90. The molecule has 0 fully saturated rings. The van der Waals surface area contributed by atoms with Gasteiger partial charge in [-0.25, -0.2) is 0 Å². The predicted molar refractivity (Wildman–Crippen MR) is 47.4 cm³/mol. The van der Waals surface area contributed by atoms with Crippen LogP contribution in [-0.4, -0.2) is 22.2 Å². The molecule has 0 bridgehead atoms. The van der Waals surface area contributed by atoms with Crippen molar-refractivity contribution in [3.63, 3.8) is 0 Å². The van der Waals surface area contributed by atoms with Gasteiger partial charge in [0, 0.05) is 0 Å². The van der Waals surface area contributed by atoms with Crippen LogP contribution < -0.4 is 0 Å². The van der Waals surface area contributed by atoms with Crippen LogP contribution in [0.25, 0.3) is 0 Å². The molecule has 0 aromatic rings. The summed E-state index contributed by atoms with van der Waals surface area (Å²) < 4.78 is 0. The Hall–Kier alpha value is -1.32. The van der Waals surface area contributed by atoms with Gasteiger partial charge in [-0.3, -0.25) is 9.59 Å². The van der Waals surface area contributed by atoms with Gasteiger partial charge in [-0.05, 0) is 6.42 Å². The molecule has 1 unspecified atom stereocenters. The highest BCUT2D eigenvalue weighted by Gasteiger charge is 2.23. The molecule has 4 nitrogen and oxygen atoms in total. The van der Waals surface area contributed by atoms with E-state index in [2.05, 4.69) is 6.58 Å². The van der Waals surface area contributed by atoms with Gasteiger partial charge in [0.1, 0.15) is 0 Å². The second kappa shape index (κ2) is 5.35. The summed E-state index contributed by atoms with van der Waals surface area (Å²) in [6.07, 6.45) is 0.959. The number of carboxylic acids is 2. The van der Waals surface area contributed by atoms with E-state index in [1.54, 1.807) is 0 Å². The van der Waals surface area contributed by atoms with Crippen molar-refractivity contribution in [1.82, 2.24) is 0 Å². The summed E-state index contributed by atoms with van der Waals surface area (Å²) >= 11 is 0. The van der Waals surface area contributed by atoms with Gasteiger partial charge in [-0.1, -0.05) is 25.5 Å². The van der Waals surface area contributed by atoms with Crippen LogP contribution in [0, 0.1) is 5.92 Å². The van der Waals surface area contributed by atoms with E-state index < -0.39 is 17.9 Å². The van der Waals surface area contributed by atoms with Gasteiger partial charge in [0.05, 0.1) is 12.3 Å². The molecule has 0 rings (SSSR count). The fourth-order valence-corrected chi connectivity index (χ4v) is 1.08. The molecule has 0 aromatic heterocycles. The van der Waals surface area contributed by atoms with Crippen LogP contribution in [0.15, 0.2) is 12.2 Å². The van der Waals surface area contributed by atoms with E-state index in [-0.39, 0.29) is 6.42 Å². The highest BCUT2D eigenvalue weighted by molar-refractivity contribution is 5.80. The van der Waals surface area contributed by atoms with Crippen LogP contribution in [0.2, 0.25) is 0 Å². The minimum Gasteiger partial charge on any atom is -0.481 e. The van der Waals surface area contributed by atoms with Crippen molar-refractivity contribution in [1.29, 1.82) is 0 Å². The largest absolute Gasteiger partial charge is 0.481 e. The summed E-state index contributed by atoms with van der Waals surface area (Å²) in [5, 5.41) is 17.1. The average molecular weight is 186 g/mol. The van der Waals surface area contributed by atoms with Crippen LogP contribution in [0.5, 0.6) is 0 Å². The first-order valence-corrected chi connectivity index (χ1v) is 4.11. The first kappa shape index (κ1) is 11.7. The minimum absolute atomic E-state index is 0.381. The van der Waals surface area contributed by atoms with Crippen molar-refractivity contribution in [3.05, 3.63) is 12.2 Å². The molecule has 13 heavy (non-hydrogen) atoms.